The van der Waals surface area contributed by atoms with E-state index in [-0.39, 0.29) is 0 Å². The van der Waals surface area contributed by atoms with E-state index in [4.69, 9.17) is 0 Å². The summed E-state index contributed by atoms with van der Waals surface area (Å²) in [5, 5.41) is 12.4. The number of aliphatic carboxylic acids is 1. The summed E-state index contributed by atoms with van der Waals surface area (Å²) in [6.45, 7) is 1.32. The molecule has 74 valence electrons. The Morgan fingerprint density at radius 1 is 1.38 bits per heavy atom. The summed E-state index contributed by atoms with van der Waals surface area (Å²) in [6, 6.07) is 0. The fraction of sp³-hybridized carbons (Fsp3) is 0.500. The topological polar surface area (TPSA) is 73.7 Å². The summed E-state index contributed by atoms with van der Waals surface area (Å²) in [5.74, 6) is -1.78. The highest BCUT2D eigenvalue weighted by atomic mass is 16.4. The van der Waals surface area contributed by atoms with Gasteiger partial charge in [-0.2, -0.15) is 0 Å². The fourth-order valence-corrected chi connectivity index (χ4v) is 0.638. The molecule has 0 saturated heterocycles. The number of hydrogen-bond acceptors (Lipinski definition) is 3. The monoisotopic (exact) mass is 186 g/mol. The Hall–Kier alpha value is -1.36. The van der Waals surface area contributed by atoms with Crippen molar-refractivity contribution in [1.82, 2.24) is 5.32 Å². The lowest BCUT2D eigenvalue weighted by atomic mass is 10.4. The van der Waals surface area contributed by atoms with Crippen LogP contribution in [0.1, 0.15) is 0 Å². The zero-order chi connectivity index (χ0) is 10.3. The van der Waals surface area contributed by atoms with Crippen LogP contribution in [0.3, 0.4) is 0 Å². The van der Waals surface area contributed by atoms with Gasteiger partial charge in [0.25, 0.3) is 0 Å². The Morgan fingerprint density at radius 3 is 2.46 bits per heavy atom. The number of carbonyl (C=O) groups excluding carboxylic acids is 2. The van der Waals surface area contributed by atoms with Gasteiger partial charge in [-0.1, -0.05) is 0 Å². The molecule has 0 bridgehead atoms. The third kappa shape index (κ3) is 8.55. The normalized spacial score (nSPS) is 10.7. The smallest absolute Gasteiger partial charge is 0.244 e. The molecule has 0 radical (unpaired) electrons. The fourth-order valence-electron chi connectivity index (χ4n) is 0.638. The van der Waals surface area contributed by atoms with Crippen LogP contribution < -0.4 is 15.3 Å². The maximum absolute atomic E-state index is 10.8. The largest absolute Gasteiger partial charge is 0.545 e. The first kappa shape index (κ1) is 11.6. The number of hydrogen-bond donors (Lipinski definition) is 2. The quantitative estimate of drug-likeness (QED) is 0.439. The molecular weight excluding hydrogens is 172 g/mol. The SMILES string of the molecule is C[NH+](C)CCNC(=O)C=CC(=O)[O-]. The van der Waals surface area contributed by atoms with Crippen molar-refractivity contribution in [3.8, 4) is 0 Å². The van der Waals surface area contributed by atoms with Crippen molar-refractivity contribution in [2.24, 2.45) is 0 Å². The lowest BCUT2D eigenvalue weighted by Gasteiger charge is -2.06. The number of carboxylic acids is 1. The lowest BCUT2D eigenvalue weighted by Crippen LogP contribution is -3.06. The van der Waals surface area contributed by atoms with Crippen molar-refractivity contribution in [3.05, 3.63) is 12.2 Å². The van der Waals surface area contributed by atoms with E-state index < -0.39 is 11.9 Å². The molecule has 0 fully saturated rings. The number of carboxylic acid groups (broad SMARTS) is 1. The van der Waals surface area contributed by atoms with Crippen LogP contribution in [-0.2, 0) is 9.59 Å². The van der Waals surface area contributed by atoms with Crippen LogP contribution in [0.15, 0.2) is 12.2 Å². The molecule has 0 aliphatic heterocycles. The molecule has 0 atom stereocenters. The van der Waals surface area contributed by atoms with Gasteiger partial charge in [0, 0.05) is 6.08 Å². The van der Waals surface area contributed by atoms with Crippen LogP contribution >= 0.6 is 0 Å². The van der Waals surface area contributed by atoms with Gasteiger partial charge in [-0.3, -0.25) is 4.79 Å². The summed E-state index contributed by atoms with van der Waals surface area (Å²) in [7, 11) is 3.92. The first-order valence-electron chi connectivity index (χ1n) is 3.98. The molecule has 0 aromatic carbocycles. The number of quaternary nitrogens is 1. The number of nitrogens with one attached hydrogen (secondary N) is 2. The second kappa shape index (κ2) is 6.19. The average Bonchev–Trinajstić information content (AvgIpc) is 2.00. The highest BCUT2D eigenvalue weighted by Crippen LogP contribution is 1.70. The molecule has 0 aliphatic rings. The molecule has 0 aromatic heterocycles. The van der Waals surface area contributed by atoms with E-state index in [1.165, 1.54) is 4.90 Å². The maximum Gasteiger partial charge on any atom is 0.244 e. The summed E-state index contributed by atoms with van der Waals surface area (Å²) < 4.78 is 0. The van der Waals surface area contributed by atoms with Crippen molar-refractivity contribution >= 4 is 11.9 Å². The minimum atomic E-state index is -1.37. The first-order valence-corrected chi connectivity index (χ1v) is 3.98. The standard InChI is InChI=1S/C8H14N2O3/c1-10(2)6-5-9-7(11)3-4-8(12)13/h3-4H,5-6H2,1-2H3,(H,9,11)(H,12,13). The van der Waals surface area contributed by atoms with Gasteiger partial charge in [0.2, 0.25) is 5.91 Å². The Kier molecular flexibility index (Phi) is 5.54. The molecule has 0 aliphatic carbocycles. The molecule has 1 amide bonds. The molecule has 5 nitrogen and oxygen atoms in total. The van der Waals surface area contributed by atoms with Crippen molar-refractivity contribution in [1.29, 1.82) is 0 Å². The molecular formula is C8H14N2O3. The third-order valence-electron chi connectivity index (χ3n) is 1.30. The molecule has 0 heterocycles. The van der Waals surface area contributed by atoms with Crippen LogP contribution in [0.4, 0.5) is 0 Å². The molecule has 13 heavy (non-hydrogen) atoms. The maximum atomic E-state index is 10.8. The molecule has 0 rings (SSSR count). The highest BCUT2D eigenvalue weighted by molar-refractivity contribution is 5.93. The number of rotatable bonds is 5. The first-order chi connectivity index (χ1) is 6.02. The van der Waals surface area contributed by atoms with Crippen LogP contribution in [-0.4, -0.2) is 39.1 Å². The lowest BCUT2D eigenvalue weighted by molar-refractivity contribution is -0.856. The van der Waals surface area contributed by atoms with E-state index in [0.717, 1.165) is 12.6 Å². The average molecular weight is 186 g/mol. The van der Waals surface area contributed by atoms with E-state index in [9.17, 15) is 14.7 Å². The highest BCUT2D eigenvalue weighted by Gasteiger charge is 1.96. The van der Waals surface area contributed by atoms with Crippen LogP contribution in [0.25, 0.3) is 0 Å². The van der Waals surface area contributed by atoms with Gasteiger partial charge in [-0.15, -0.1) is 0 Å². The summed E-state index contributed by atoms with van der Waals surface area (Å²) in [4.78, 5) is 21.9. The van der Waals surface area contributed by atoms with Gasteiger partial charge in [0.15, 0.2) is 0 Å². The van der Waals surface area contributed by atoms with E-state index in [0.29, 0.717) is 12.6 Å². The van der Waals surface area contributed by atoms with Gasteiger partial charge in [0.05, 0.1) is 33.2 Å². The van der Waals surface area contributed by atoms with Gasteiger partial charge in [-0.05, 0) is 6.08 Å². The van der Waals surface area contributed by atoms with Crippen LogP contribution in [0, 0.1) is 0 Å². The van der Waals surface area contributed by atoms with E-state index in [2.05, 4.69) is 5.32 Å². The Balaban J connectivity index is 3.58. The minimum absolute atomic E-state index is 0.412. The molecule has 0 unspecified atom stereocenters. The van der Waals surface area contributed by atoms with Crippen molar-refractivity contribution < 1.29 is 19.6 Å². The molecule has 0 spiro atoms. The second-order valence-electron chi connectivity index (χ2n) is 2.90. The predicted molar refractivity (Wildman–Crippen MR) is 44.8 cm³/mol. The summed E-state index contributed by atoms with van der Waals surface area (Å²) in [6.07, 6.45) is 1.65. The number of amides is 1. The minimum Gasteiger partial charge on any atom is -0.545 e. The van der Waals surface area contributed by atoms with Crippen LogP contribution in [0.5, 0.6) is 0 Å². The zero-order valence-electron chi connectivity index (χ0n) is 7.79. The van der Waals surface area contributed by atoms with Gasteiger partial charge in [0.1, 0.15) is 0 Å². The van der Waals surface area contributed by atoms with E-state index in [1.807, 2.05) is 14.1 Å². The van der Waals surface area contributed by atoms with E-state index >= 15 is 0 Å². The molecule has 0 saturated carbocycles. The molecule has 5 heteroatoms. The van der Waals surface area contributed by atoms with E-state index in [1.54, 1.807) is 0 Å². The molecule has 2 N–H and O–H groups in total. The van der Waals surface area contributed by atoms with Crippen molar-refractivity contribution in [2.45, 2.75) is 0 Å². The predicted octanol–water partition coefficient (Wildman–Crippen LogP) is -3.45. The third-order valence-corrected chi connectivity index (χ3v) is 1.30. The van der Waals surface area contributed by atoms with Crippen LogP contribution in [0.2, 0.25) is 0 Å². The summed E-state index contributed by atoms with van der Waals surface area (Å²) >= 11 is 0. The summed E-state index contributed by atoms with van der Waals surface area (Å²) in [5.41, 5.74) is 0. The van der Waals surface area contributed by atoms with Crippen molar-refractivity contribution in [3.63, 3.8) is 0 Å². The number of carbonyl (C=O) groups is 2. The Bertz CT molecular complexity index is 211. The second-order valence-corrected chi connectivity index (χ2v) is 2.90. The van der Waals surface area contributed by atoms with Gasteiger partial charge >= 0.3 is 0 Å². The zero-order valence-corrected chi connectivity index (χ0v) is 7.79. The van der Waals surface area contributed by atoms with Crippen molar-refractivity contribution in [2.75, 3.05) is 27.2 Å². The van der Waals surface area contributed by atoms with Gasteiger partial charge in [-0.25, -0.2) is 0 Å². The molecule has 0 aromatic rings. The number of likely N-dealkylation sites (N-methyl/N-ethyl adjacent to an activating group) is 1. The Labute approximate surface area is 77.0 Å². The Morgan fingerprint density at radius 2 is 2.00 bits per heavy atom. The van der Waals surface area contributed by atoms with Gasteiger partial charge < -0.3 is 20.1 Å².